The molecule has 1 amide bonds. The first-order valence-electron chi connectivity index (χ1n) is 10.2. The fourth-order valence-corrected chi connectivity index (χ4v) is 5.32. The van der Waals surface area contributed by atoms with Gasteiger partial charge < -0.3 is 14.2 Å². The lowest BCUT2D eigenvalue weighted by Crippen LogP contribution is -2.54. The van der Waals surface area contributed by atoms with Crippen molar-refractivity contribution in [2.75, 3.05) is 6.54 Å². The molecule has 1 aromatic rings. The van der Waals surface area contributed by atoms with Gasteiger partial charge in [-0.25, -0.2) is 4.79 Å². The number of nitrogens with zero attached hydrogens (tertiary/aromatic N) is 1. The number of fused-ring (bicyclic) bond motifs is 1. The van der Waals surface area contributed by atoms with Gasteiger partial charge in [0.2, 0.25) is 0 Å². The van der Waals surface area contributed by atoms with Gasteiger partial charge in [0.15, 0.2) is 0 Å². The second-order valence-corrected chi connectivity index (χ2v) is 12.4. The molecule has 0 radical (unpaired) electrons. The summed E-state index contributed by atoms with van der Waals surface area (Å²) in [4.78, 5) is 14.8. The summed E-state index contributed by atoms with van der Waals surface area (Å²) in [5.74, 6) is 0. The van der Waals surface area contributed by atoms with Crippen molar-refractivity contribution < 1.29 is 14.1 Å². The number of halogens is 1. The zero-order valence-corrected chi connectivity index (χ0v) is 19.7. The van der Waals surface area contributed by atoms with Gasteiger partial charge in [0.05, 0.1) is 0 Å². The van der Waals surface area contributed by atoms with E-state index in [1.807, 2.05) is 45.6 Å². The van der Waals surface area contributed by atoms with Crippen molar-refractivity contribution in [3.63, 3.8) is 0 Å². The van der Waals surface area contributed by atoms with E-state index in [1.165, 1.54) is 11.1 Å². The van der Waals surface area contributed by atoms with Gasteiger partial charge in [-0.05, 0) is 89.0 Å². The van der Waals surface area contributed by atoms with Crippen LogP contribution >= 0.6 is 11.6 Å². The minimum Gasteiger partial charge on any atom is -0.598 e. The fourth-order valence-electron chi connectivity index (χ4n) is 4.77. The van der Waals surface area contributed by atoms with Crippen LogP contribution in [0.1, 0.15) is 65.0 Å². The van der Waals surface area contributed by atoms with Crippen LogP contribution in [0.3, 0.4) is 0 Å². The number of rotatable bonds is 3. The topological polar surface area (TPSA) is 78.6 Å². The molecule has 1 aliphatic heterocycles. The highest BCUT2D eigenvalue weighted by Crippen LogP contribution is 2.48. The Morgan fingerprint density at radius 3 is 2.59 bits per heavy atom. The molecule has 3 atom stereocenters. The van der Waals surface area contributed by atoms with Gasteiger partial charge in [-0.1, -0.05) is 17.7 Å². The Labute approximate surface area is 182 Å². The highest BCUT2D eigenvalue weighted by Gasteiger charge is 2.48. The van der Waals surface area contributed by atoms with E-state index in [0.29, 0.717) is 13.0 Å². The number of likely N-dealkylation sites (tertiary alicyclic amines) is 1. The Hall–Kier alpha value is -0.950. The zero-order chi connectivity index (χ0) is 21.6. The first-order chi connectivity index (χ1) is 13.3. The van der Waals surface area contributed by atoms with Crippen LogP contribution in [0.15, 0.2) is 18.2 Å². The lowest BCUT2D eigenvalue weighted by atomic mass is 9.71. The molecule has 1 aromatic carbocycles. The highest BCUT2D eigenvalue weighted by molar-refractivity contribution is 7.90. The van der Waals surface area contributed by atoms with Crippen molar-refractivity contribution in [3.05, 3.63) is 34.3 Å². The Morgan fingerprint density at radius 2 is 1.97 bits per heavy atom. The first kappa shape index (κ1) is 22.7. The molecule has 0 saturated carbocycles. The molecule has 7 heteroatoms. The molecule has 162 valence electrons. The average molecular weight is 441 g/mol. The van der Waals surface area contributed by atoms with Gasteiger partial charge >= 0.3 is 6.09 Å². The van der Waals surface area contributed by atoms with E-state index in [2.05, 4.69) is 12.1 Å². The smallest absolute Gasteiger partial charge is 0.410 e. The number of amides is 1. The molecule has 2 N–H and O–H groups in total. The lowest BCUT2D eigenvalue weighted by Gasteiger charge is -2.46. The van der Waals surface area contributed by atoms with Crippen LogP contribution in [0.25, 0.3) is 0 Å². The number of benzene rings is 1. The highest BCUT2D eigenvalue weighted by atomic mass is 35.5. The van der Waals surface area contributed by atoms with E-state index >= 15 is 0 Å². The maximum absolute atomic E-state index is 12.9. The zero-order valence-electron chi connectivity index (χ0n) is 18.1. The van der Waals surface area contributed by atoms with Crippen molar-refractivity contribution in [2.24, 2.45) is 10.6 Å². The Balaban J connectivity index is 1.84. The van der Waals surface area contributed by atoms with E-state index in [0.717, 1.165) is 30.7 Å². The molecule has 1 spiro atoms. The summed E-state index contributed by atoms with van der Waals surface area (Å²) in [6.07, 6.45) is 4.00. The van der Waals surface area contributed by atoms with Crippen LogP contribution in [0.2, 0.25) is 5.02 Å². The summed E-state index contributed by atoms with van der Waals surface area (Å²) in [5.41, 5.74) is 2.20. The summed E-state index contributed by atoms with van der Waals surface area (Å²) in [6.45, 7) is 10.1. The minimum atomic E-state index is -1.48. The van der Waals surface area contributed by atoms with Gasteiger partial charge in [-0.3, -0.25) is 0 Å². The average Bonchev–Trinajstić information content (AvgIpc) is 2.89. The van der Waals surface area contributed by atoms with Crippen molar-refractivity contribution in [2.45, 2.75) is 83.1 Å². The van der Waals surface area contributed by atoms with Gasteiger partial charge in [-0.15, -0.1) is 0 Å². The van der Waals surface area contributed by atoms with E-state index < -0.39 is 21.7 Å². The third-order valence-corrected chi connectivity index (χ3v) is 7.68. The van der Waals surface area contributed by atoms with E-state index in [-0.39, 0.29) is 17.6 Å². The van der Waals surface area contributed by atoms with Crippen LogP contribution in [-0.2, 0) is 28.9 Å². The van der Waals surface area contributed by atoms with E-state index in [9.17, 15) is 9.35 Å². The number of carbonyl (C=O) groups excluding carboxylic acids is 1. The van der Waals surface area contributed by atoms with Gasteiger partial charge in [0.25, 0.3) is 0 Å². The summed E-state index contributed by atoms with van der Waals surface area (Å²) in [6, 6.07) is 6.08. The molecule has 1 aliphatic carbocycles. The minimum absolute atomic E-state index is 0.0640. The molecule has 1 fully saturated rings. The summed E-state index contributed by atoms with van der Waals surface area (Å²) < 4.78 is 17.2. The maximum Gasteiger partial charge on any atom is 0.410 e. The monoisotopic (exact) mass is 440 g/mol. The van der Waals surface area contributed by atoms with Crippen LogP contribution in [0.4, 0.5) is 4.79 Å². The van der Waals surface area contributed by atoms with Crippen LogP contribution < -0.4 is 5.14 Å². The third-order valence-electron chi connectivity index (χ3n) is 6.19. The number of nitrogens with two attached hydrogens (primary N) is 1. The second-order valence-electron chi connectivity index (χ2n) is 10.3. The molecular formula is C22H33ClN2O3S. The number of hydrogen-bond donors (Lipinski definition) is 1. The summed E-state index contributed by atoms with van der Waals surface area (Å²) >= 11 is 4.73. The standard InChI is InChI=1S/C22H33ClN2O3S/c1-20(2,3)28-19(26)25-9-8-22(14-18(25)13-21(4,5)29(24)27)11-15-6-7-17(23)10-16(15)12-22/h6-7,10,18H,8-9,11-14,24H2,1-5H3/t18?,22?,29-/m0/s1. The van der Waals surface area contributed by atoms with Crippen LogP contribution in [-0.4, -0.2) is 38.5 Å². The van der Waals surface area contributed by atoms with Gasteiger partial charge in [-0.2, -0.15) is 5.14 Å². The maximum atomic E-state index is 12.9. The molecule has 2 unspecified atom stereocenters. The number of piperidine rings is 1. The molecule has 3 rings (SSSR count). The Morgan fingerprint density at radius 1 is 1.31 bits per heavy atom. The Kier molecular flexibility index (Phi) is 6.23. The predicted molar refractivity (Wildman–Crippen MR) is 118 cm³/mol. The molecule has 0 bridgehead atoms. The lowest BCUT2D eigenvalue weighted by molar-refractivity contribution is -0.0101. The normalized spacial score (nSPS) is 25.8. The quantitative estimate of drug-likeness (QED) is 0.695. The Bertz CT molecular complexity index is 778. The molecule has 2 aliphatic rings. The van der Waals surface area contributed by atoms with Gasteiger partial charge in [0, 0.05) is 35.4 Å². The van der Waals surface area contributed by atoms with E-state index in [4.69, 9.17) is 21.5 Å². The van der Waals surface area contributed by atoms with Crippen molar-refractivity contribution in [3.8, 4) is 0 Å². The molecule has 5 nitrogen and oxygen atoms in total. The van der Waals surface area contributed by atoms with Crippen LogP contribution in [0.5, 0.6) is 0 Å². The van der Waals surface area contributed by atoms with Crippen LogP contribution in [0, 0.1) is 5.41 Å². The summed E-state index contributed by atoms with van der Waals surface area (Å²) in [7, 11) is 0. The number of carbonyl (C=O) groups is 1. The third kappa shape index (κ3) is 5.22. The van der Waals surface area contributed by atoms with Crippen molar-refractivity contribution in [1.29, 1.82) is 0 Å². The predicted octanol–water partition coefficient (Wildman–Crippen LogP) is 4.62. The fraction of sp³-hybridized carbons (Fsp3) is 0.682. The SMILES string of the molecule is CC(C)(C)OC(=O)N1CCC2(Cc3ccc(Cl)cc3C2)CC1CC(C)(C)[S@@+](N)[O-]. The second kappa shape index (κ2) is 7.95. The largest absolute Gasteiger partial charge is 0.598 e. The number of hydrogen-bond acceptors (Lipinski definition) is 4. The van der Waals surface area contributed by atoms with Crippen molar-refractivity contribution >= 4 is 29.1 Å². The van der Waals surface area contributed by atoms with Crippen molar-refractivity contribution in [1.82, 2.24) is 4.90 Å². The number of ether oxygens (including phenoxy) is 1. The molecule has 0 aromatic heterocycles. The molecule has 29 heavy (non-hydrogen) atoms. The molecule has 1 saturated heterocycles. The first-order valence-corrected chi connectivity index (χ1v) is 11.8. The molecule has 1 heterocycles. The molecular weight excluding hydrogens is 408 g/mol. The van der Waals surface area contributed by atoms with Gasteiger partial charge in [0.1, 0.15) is 10.3 Å². The van der Waals surface area contributed by atoms with E-state index in [1.54, 1.807) is 0 Å². The summed E-state index contributed by atoms with van der Waals surface area (Å²) in [5, 5.41) is 6.53.